The first-order valence-electron chi connectivity index (χ1n) is 24.5. The maximum atomic E-state index is 13.2. The van der Waals surface area contributed by atoms with E-state index in [9.17, 15) is 19.8 Å². The molecule has 60 heavy (non-hydrogen) atoms. The average molecular weight is 834 g/mol. The van der Waals surface area contributed by atoms with Gasteiger partial charge in [-0.15, -0.1) is 0 Å². The first kappa shape index (κ1) is 56.8. The molecule has 0 saturated carbocycles. The van der Waals surface area contributed by atoms with Crippen LogP contribution < -0.4 is 5.32 Å². The average Bonchev–Trinajstić information content (AvgIpc) is 3.24. The van der Waals surface area contributed by atoms with Crippen molar-refractivity contribution in [3.8, 4) is 0 Å². The molecule has 0 rings (SSSR count). The van der Waals surface area contributed by atoms with Crippen LogP contribution in [0.3, 0.4) is 0 Å². The number of hydrogen-bond donors (Lipinski definition) is 3. The Morgan fingerprint density at radius 3 is 1.53 bits per heavy atom. The van der Waals surface area contributed by atoms with E-state index in [-0.39, 0.29) is 24.9 Å². The van der Waals surface area contributed by atoms with Crippen LogP contribution in [0, 0.1) is 0 Å². The predicted octanol–water partition coefficient (Wildman–Crippen LogP) is 14.6. The van der Waals surface area contributed by atoms with Gasteiger partial charge in [-0.05, 0) is 64.2 Å². The summed E-state index contributed by atoms with van der Waals surface area (Å²) in [4.78, 5) is 26.0. The summed E-state index contributed by atoms with van der Waals surface area (Å²) in [5.41, 5.74) is 0. The van der Waals surface area contributed by atoms with Gasteiger partial charge in [0.1, 0.15) is 6.10 Å². The maximum absolute atomic E-state index is 13.2. The van der Waals surface area contributed by atoms with E-state index >= 15 is 0 Å². The number of aliphatic hydroxyl groups excluding tert-OH is 2. The van der Waals surface area contributed by atoms with E-state index in [0.717, 1.165) is 96.3 Å². The van der Waals surface area contributed by atoms with Crippen LogP contribution >= 0.6 is 0 Å². The van der Waals surface area contributed by atoms with Crippen molar-refractivity contribution in [1.82, 2.24) is 5.32 Å². The first-order valence-corrected chi connectivity index (χ1v) is 24.5. The standard InChI is InChI=1S/C54H91NO5/c1-4-7-10-13-16-19-22-25-26-29-30-33-36-39-42-45-50(60-54(59)47-44-41-38-35-32-28-24-21-18-15-12-9-6-3)48-53(58)55-51(49-56)52(57)46-43-40-37-34-31-27-23-20-17-14-11-8-5-2/h7,9-10,12,15-16,18-19,21,24-26,30,33,39,42,50-52,56-57H,4-6,8,11,13-14,17,20,22-23,27-29,31-32,34-38,40-41,43-49H2,1-3H3,(H,55,58)/b10-7-,12-9+,18-15+,19-16-,24-21-,26-25-,33-30-,42-39-. The van der Waals surface area contributed by atoms with E-state index in [2.05, 4.69) is 111 Å². The quantitative estimate of drug-likeness (QED) is 0.0246. The monoisotopic (exact) mass is 834 g/mol. The summed E-state index contributed by atoms with van der Waals surface area (Å²) in [5, 5.41) is 23.7. The molecule has 0 spiro atoms. The summed E-state index contributed by atoms with van der Waals surface area (Å²) in [6.45, 7) is 6.19. The summed E-state index contributed by atoms with van der Waals surface area (Å²) < 4.78 is 5.84. The summed E-state index contributed by atoms with van der Waals surface area (Å²) in [6.07, 6.45) is 61.9. The fourth-order valence-electron chi connectivity index (χ4n) is 6.80. The predicted molar refractivity (Wildman–Crippen MR) is 259 cm³/mol. The molecule has 0 aromatic heterocycles. The molecule has 0 saturated heterocycles. The highest BCUT2D eigenvalue weighted by Crippen LogP contribution is 2.16. The fourth-order valence-corrected chi connectivity index (χ4v) is 6.80. The SMILES string of the molecule is CC/C=C\C/C=C\C/C=C\C/C=C\C/C=C\CC(CC(=O)NC(CO)C(O)CCCCCCCCCCCCCCC)OC(=O)CCCCCCC\C=C/C=C/C=C/CC. The van der Waals surface area contributed by atoms with Crippen LogP contribution in [-0.2, 0) is 14.3 Å². The normalized spacial score (nSPS) is 14.2. The topological polar surface area (TPSA) is 95.9 Å². The lowest BCUT2D eigenvalue weighted by Crippen LogP contribution is -2.46. The third-order valence-electron chi connectivity index (χ3n) is 10.5. The van der Waals surface area contributed by atoms with Crippen LogP contribution in [0.2, 0.25) is 0 Å². The van der Waals surface area contributed by atoms with Crippen molar-refractivity contribution in [2.24, 2.45) is 0 Å². The van der Waals surface area contributed by atoms with Gasteiger partial charge in [-0.2, -0.15) is 0 Å². The Bertz CT molecular complexity index is 1210. The molecular weight excluding hydrogens is 743 g/mol. The van der Waals surface area contributed by atoms with Crippen LogP contribution in [0.15, 0.2) is 97.2 Å². The molecule has 0 aromatic rings. The Morgan fingerprint density at radius 2 is 1.00 bits per heavy atom. The highest BCUT2D eigenvalue weighted by molar-refractivity contribution is 5.77. The Kier molecular flexibility index (Phi) is 44.3. The van der Waals surface area contributed by atoms with E-state index in [1.54, 1.807) is 0 Å². The molecule has 0 radical (unpaired) electrons. The van der Waals surface area contributed by atoms with Crippen molar-refractivity contribution in [3.05, 3.63) is 97.2 Å². The Balaban J connectivity index is 4.78. The lowest BCUT2D eigenvalue weighted by molar-refractivity contribution is -0.150. The molecule has 3 atom stereocenters. The number of aliphatic hydroxyl groups is 2. The molecule has 3 unspecified atom stereocenters. The van der Waals surface area contributed by atoms with Gasteiger partial charge in [-0.25, -0.2) is 0 Å². The molecule has 6 heteroatoms. The number of carbonyl (C=O) groups excluding carboxylic acids is 2. The molecule has 3 N–H and O–H groups in total. The molecule has 0 aliphatic heterocycles. The van der Waals surface area contributed by atoms with Crippen molar-refractivity contribution in [1.29, 1.82) is 0 Å². The number of ether oxygens (including phenoxy) is 1. The minimum atomic E-state index is -0.820. The minimum absolute atomic E-state index is 0.0143. The van der Waals surface area contributed by atoms with Gasteiger partial charge >= 0.3 is 5.97 Å². The number of nitrogens with one attached hydrogen (secondary N) is 1. The maximum Gasteiger partial charge on any atom is 0.306 e. The molecule has 0 aliphatic rings. The second kappa shape index (κ2) is 46.8. The van der Waals surface area contributed by atoms with Crippen LogP contribution in [-0.4, -0.2) is 46.9 Å². The van der Waals surface area contributed by atoms with Crippen molar-refractivity contribution in [2.75, 3.05) is 6.61 Å². The molecular formula is C54H91NO5. The van der Waals surface area contributed by atoms with Gasteiger partial charge in [-0.3, -0.25) is 9.59 Å². The van der Waals surface area contributed by atoms with Gasteiger partial charge in [-0.1, -0.05) is 221 Å². The Labute approximate surface area is 369 Å². The van der Waals surface area contributed by atoms with E-state index < -0.39 is 18.2 Å². The Hall–Kier alpha value is -3.22. The fraction of sp³-hybridized carbons (Fsp3) is 0.667. The van der Waals surface area contributed by atoms with Gasteiger partial charge in [0.2, 0.25) is 5.91 Å². The van der Waals surface area contributed by atoms with Gasteiger partial charge in [0, 0.05) is 12.8 Å². The molecule has 0 fully saturated rings. The number of amides is 1. The zero-order chi connectivity index (χ0) is 43.8. The molecule has 0 aliphatic carbocycles. The first-order chi connectivity index (χ1) is 29.5. The van der Waals surface area contributed by atoms with Crippen LogP contribution in [0.4, 0.5) is 0 Å². The van der Waals surface area contributed by atoms with E-state index in [1.807, 2.05) is 12.2 Å². The lowest BCUT2D eigenvalue weighted by Gasteiger charge is -2.24. The molecule has 0 bridgehead atoms. The van der Waals surface area contributed by atoms with E-state index in [1.165, 1.54) is 64.2 Å². The number of rotatable bonds is 42. The zero-order valence-electron chi connectivity index (χ0n) is 38.8. The highest BCUT2D eigenvalue weighted by Gasteiger charge is 2.23. The molecule has 1 amide bonds. The van der Waals surface area contributed by atoms with Crippen molar-refractivity contribution >= 4 is 11.9 Å². The minimum Gasteiger partial charge on any atom is -0.461 e. The second-order valence-corrected chi connectivity index (χ2v) is 16.2. The molecule has 0 heterocycles. The zero-order valence-corrected chi connectivity index (χ0v) is 38.8. The lowest BCUT2D eigenvalue weighted by atomic mass is 10.0. The number of carbonyl (C=O) groups is 2. The molecule has 342 valence electrons. The van der Waals surface area contributed by atoms with Crippen molar-refractivity contribution in [2.45, 2.75) is 225 Å². The van der Waals surface area contributed by atoms with Gasteiger partial charge in [0.15, 0.2) is 0 Å². The van der Waals surface area contributed by atoms with E-state index in [4.69, 9.17) is 4.74 Å². The Morgan fingerprint density at radius 1 is 0.533 bits per heavy atom. The number of unbranched alkanes of at least 4 members (excludes halogenated alkanes) is 17. The smallest absolute Gasteiger partial charge is 0.306 e. The number of esters is 1. The third-order valence-corrected chi connectivity index (χ3v) is 10.5. The summed E-state index contributed by atoms with van der Waals surface area (Å²) in [7, 11) is 0. The molecule has 6 nitrogen and oxygen atoms in total. The van der Waals surface area contributed by atoms with Gasteiger partial charge in [0.05, 0.1) is 25.2 Å². The van der Waals surface area contributed by atoms with Crippen molar-refractivity contribution < 1.29 is 24.5 Å². The van der Waals surface area contributed by atoms with Gasteiger partial charge in [0.25, 0.3) is 0 Å². The van der Waals surface area contributed by atoms with Crippen molar-refractivity contribution in [3.63, 3.8) is 0 Å². The number of allylic oxidation sites excluding steroid dienone is 15. The van der Waals surface area contributed by atoms with Crippen LogP contribution in [0.5, 0.6) is 0 Å². The van der Waals surface area contributed by atoms with Crippen LogP contribution in [0.1, 0.15) is 207 Å². The summed E-state index contributed by atoms with van der Waals surface area (Å²) in [6, 6.07) is -0.741. The van der Waals surface area contributed by atoms with Gasteiger partial charge < -0.3 is 20.3 Å². The third kappa shape index (κ3) is 41.5. The number of hydrogen-bond acceptors (Lipinski definition) is 5. The second-order valence-electron chi connectivity index (χ2n) is 16.2. The van der Waals surface area contributed by atoms with Crippen LogP contribution in [0.25, 0.3) is 0 Å². The largest absolute Gasteiger partial charge is 0.461 e. The summed E-state index contributed by atoms with van der Waals surface area (Å²) >= 11 is 0. The molecule has 0 aromatic carbocycles. The summed E-state index contributed by atoms with van der Waals surface area (Å²) in [5.74, 6) is -0.612. The highest BCUT2D eigenvalue weighted by atomic mass is 16.5. The van der Waals surface area contributed by atoms with E-state index in [0.29, 0.717) is 19.3 Å².